The minimum absolute atomic E-state index is 0.0700. The number of amides is 1. The molecule has 1 aromatic heterocycles. The SMILES string of the molecule is C/C1=C/[C@@H](O)C(=O)/C=C\C=C/c2csc(n2)[C@@H](C)N2C(=O)C[C@@]([C@@](C)(O)C(=O)SCOC(=O)C(C)(C)C)(CC1)[S@@]2=O. The zero-order chi connectivity index (χ0) is 30.8. The van der Waals surface area contributed by atoms with Crippen molar-refractivity contribution in [3.8, 4) is 0 Å². The van der Waals surface area contributed by atoms with E-state index >= 15 is 0 Å². The second-order valence-electron chi connectivity index (χ2n) is 11.3. The first-order valence-corrected chi connectivity index (χ1v) is 16.0. The van der Waals surface area contributed by atoms with Crippen molar-refractivity contribution in [2.75, 3.05) is 5.94 Å². The molecule has 0 spiro atoms. The van der Waals surface area contributed by atoms with Gasteiger partial charge in [-0.25, -0.2) is 9.19 Å². The summed E-state index contributed by atoms with van der Waals surface area (Å²) in [5.41, 5.74) is -1.96. The Morgan fingerprint density at radius 3 is 2.56 bits per heavy atom. The van der Waals surface area contributed by atoms with E-state index in [4.69, 9.17) is 4.74 Å². The van der Waals surface area contributed by atoms with Crippen LogP contribution < -0.4 is 0 Å². The molecular weight excluding hydrogens is 589 g/mol. The van der Waals surface area contributed by atoms with Crippen molar-refractivity contribution in [3.63, 3.8) is 0 Å². The molecule has 0 radical (unpaired) electrons. The van der Waals surface area contributed by atoms with E-state index in [2.05, 4.69) is 4.98 Å². The highest BCUT2D eigenvalue weighted by Gasteiger charge is 2.64. The fourth-order valence-electron chi connectivity index (χ4n) is 4.37. The summed E-state index contributed by atoms with van der Waals surface area (Å²) in [6.07, 6.45) is 5.59. The Morgan fingerprint density at radius 2 is 1.90 bits per heavy atom. The van der Waals surface area contributed by atoms with Crippen molar-refractivity contribution in [3.05, 3.63) is 46.0 Å². The Hall–Kier alpha value is -2.45. The fourth-order valence-corrected chi connectivity index (χ4v) is 8.06. The van der Waals surface area contributed by atoms with Crippen LogP contribution >= 0.6 is 23.1 Å². The highest BCUT2D eigenvalue weighted by Crippen LogP contribution is 2.48. The number of allylic oxidation sites excluding steroid dienone is 3. The highest BCUT2D eigenvalue weighted by atomic mass is 32.2. The lowest BCUT2D eigenvalue weighted by atomic mass is 9.81. The number of thioether (sulfide) groups is 1. The number of hydrogen-bond donors (Lipinski definition) is 2. The van der Waals surface area contributed by atoms with Gasteiger partial charge in [0.1, 0.15) is 38.4 Å². The van der Waals surface area contributed by atoms with Crippen molar-refractivity contribution >= 4 is 62.9 Å². The molecule has 224 valence electrons. The first-order chi connectivity index (χ1) is 19.0. The van der Waals surface area contributed by atoms with Crippen molar-refractivity contribution in [2.45, 2.75) is 83.3 Å². The third-order valence-electron chi connectivity index (χ3n) is 7.02. The number of ketones is 1. The average Bonchev–Trinajstić information content (AvgIpc) is 3.46. The summed E-state index contributed by atoms with van der Waals surface area (Å²) < 4.78 is 18.8. The smallest absolute Gasteiger partial charge is 0.312 e. The van der Waals surface area contributed by atoms with Gasteiger partial charge in [-0.2, -0.15) is 0 Å². The number of aromatic nitrogens is 1. The molecule has 1 amide bonds. The molecule has 0 unspecified atom stereocenters. The number of aliphatic hydroxyl groups excluding tert-OH is 1. The second kappa shape index (κ2) is 12.8. The predicted octanol–water partition coefficient (Wildman–Crippen LogP) is 3.64. The molecule has 1 aromatic rings. The van der Waals surface area contributed by atoms with Gasteiger partial charge in [0.05, 0.1) is 23.6 Å². The number of carbonyl (C=O) groups excluding carboxylic acids is 4. The molecular formula is C28H36N2O8S3. The molecule has 0 aliphatic carbocycles. The van der Waals surface area contributed by atoms with Crippen molar-refractivity contribution in [1.82, 2.24) is 9.29 Å². The molecule has 13 heteroatoms. The van der Waals surface area contributed by atoms with Gasteiger partial charge in [0.15, 0.2) is 5.78 Å². The number of rotatable bonds is 4. The van der Waals surface area contributed by atoms with Crippen LogP contribution in [0.1, 0.15) is 77.5 Å². The summed E-state index contributed by atoms with van der Waals surface area (Å²) in [6.45, 7) is 9.57. The Morgan fingerprint density at radius 1 is 1.24 bits per heavy atom. The van der Waals surface area contributed by atoms with Gasteiger partial charge in [0.2, 0.25) is 11.0 Å². The van der Waals surface area contributed by atoms with Crippen LogP contribution in [0.25, 0.3) is 6.08 Å². The molecule has 3 rings (SSSR count). The molecule has 1 fully saturated rings. The molecule has 2 aliphatic heterocycles. The van der Waals surface area contributed by atoms with Gasteiger partial charge in [-0.05, 0) is 84.4 Å². The van der Waals surface area contributed by atoms with E-state index in [-0.39, 0.29) is 25.2 Å². The van der Waals surface area contributed by atoms with Crippen LogP contribution in [0.5, 0.6) is 0 Å². The van der Waals surface area contributed by atoms with Crippen LogP contribution in [0, 0.1) is 5.41 Å². The molecule has 3 heterocycles. The van der Waals surface area contributed by atoms with E-state index in [9.17, 15) is 33.6 Å². The molecule has 2 N–H and O–H groups in total. The van der Waals surface area contributed by atoms with Gasteiger partial charge in [-0.1, -0.05) is 17.7 Å². The minimum Gasteiger partial charge on any atom is -0.454 e. The van der Waals surface area contributed by atoms with Crippen LogP contribution in [-0.2, 0) is 34.9 Å². The normalized spacial score (nSPS) is 30.1. The zero-order valence-electron chi connectivity index (χ0n) is 23.9. The molecule has 1 saturated heterocycles. The second-order valence-corrected chi connectivity index (χ2v) is 14.8. The number of nitrogens with zero attached hydrogens (tertiary/aromatic N) is 2. The molecule has 0 saturated carbocycles. The summed E-state index contributed by atoms with van der Waals surface area (Å²) >= 11 is 1.83. The van der Waals surface area contributed by atoms with Crippen LogP contribution in [0.4, 0.5) is 0 Å². The van der Waals surface area contributed by atoms with Crippen LogP contribution in [0.3, 0.4) is 0 Å². The summed E-state index contributed by atoms with van der Waals surface area (Å²) in [6, 6.07) is -0.713. The number of carbonyl (C=O) groups is 4. The van der Waals surface area contributed by atoms with Gasteiger partial charge in [-0.15, -0.1) is 11.3 Å². The molecule has 5 atom stereocenters. The fraction of sp³-hybridized carbons (Fsp3) is 0.536. The Labute approximate surface area is 250 Å². The van der Waals surface area contributed by atoms with Crippen molar-refractivity contribution in [2.24, 2.45) is 5.41 Å². The standard InChI is InChI=1S/C28H36N2O8S3/c1-17-11-12-28(27(6,36)25(35)40-16-38-24(34)26(3,4)5)14-22(33)30(41(28)37)18(2)23-29-19(15-39-23)9-7-8-10-20(31)21(32)13-17/h7-10,13,15,18,21,32,36H,11-12,14,16H2,1-6H3/b9-7-,10-8-,17-13-/t18-,21-,27+,28-,41+/m1/s1. The molecule has 41 heavy (non-hydrogen) atoms. The largest absolute Gasteiger partial charge is 0.454 e. The lowest BCUT2D eigenvalue weighted by Gasteiger charge is -2.39. The molecule has 4 bridgehead atoms. The maximum absolute atomic E-state index is 14.2. The zero-order valence-corrected chi connectivity index (χ0v) is 26.4. The summed E-state index contributed by atoms with van der Waals surface area (Å²) in [7, 11) is -2.18. The van der Waals surface area contributed by atoms with E-state index in [1.165, 1.54) is 36.5 Å². The Bertz CT molecular complexity index is 1320. The minimum atomic E-state index is -2.28. The monoisotopic (exact) mass is 624 g/mol. The number of fused-ring (bicyclic) bond motifs is 4. The lowest BCUT2D eigenvalue weighted by Crippen LogP contribution is -2.58. The molecule has 2 aliphatic rings. The van der Waals surface area contributed by atoms with Crippen LogP contribution in [-0.4, -0.2) is 68.9 Å². The van der Waals surface area contributed by atoms with E-state index < -0.39 is 61.7 Å². The third kappa shape index (κ3) is 7.14. The van der Waals surface area contributed by atoms with E-state index in [1.807, 2.05) is 0 Å². The quantitative estimate of drug-likeness (QED) is 0.289. The number of thiazole rings is 1. The first-order valence-electron chi connectivity index (χ1n) is 13.0. The van der Waals surface area contributed by atoms with E-state index in [1.54, 1.807) is 52.2 Å². The van der Waals surface area contributed by atoms with Crippen LogP contribution in [0.2, 0.25) is 0 Å². The Balaban J connectivity index is 2.02. The van der Waals surface area contributed by atoms with Crippen LogP contribution in [0.15, 0.2) is 35.3 Å². The van der Waals surface area contributed by atoms with E-state index in [0.717, 1.165) is 4.31 Å². The Kier molecular flexibility index (Phi) is 10.3. The topological polar surface area (TPSA) is 151 Å². The maximum Gasteiger partial charge on any atom is 0.312 e. The third-order valence-corrected chi connectivity index (χ3v) is 11.2. The lowest BCUT2D eigenvalue weighted by molar-refractivity contribution is -0.150. The number of hydrogen-bond acceptors (Lipinski definition) is 11. The predicted molar refractivity (Wildman–Crippen MR) is 159 cm³/mol. The highest BCUT2D eigenvalue weighted by molar-refractivity contribution is 8.13. The van der Waals surface area contributed by atoms with Gasteiger partial charge < -0.3 is 14.9 Å². The summed E-state index contributed by atoms with van der Waals surface area (Å²) in [5.74, 6) is -1.95. The van der Waals surface area contributed by atoms with Gasteiger partial charge >= 0.3 is 5.97 Å². The van der Waals surface area contributed by atoms with Gasteiger partial charge in [0.25, 0.3) is 0 Å². The van der Waals surface area contributed by atoms with Gasteiger partial charge in [0, 0.05) is 5.38 Å². The maximum atomic E-state index is 14.2. The average molecular weight is 625 g/mol. The van der Waals surface area contributed by atoms with E-state index in [0.29, 0.717) is 28.0 Å². The molecule has 0 aromatic carbocycles. The molecule has 10 nitrogen and oxygen atoms in total. The van der Waals surface area contributed by atoms with Gasteiger partial charge in [-0.3, -0.25) is 23.5 Å². The number of aliphatic hydroxyl groups is 2. The summed E-state index contributed by atoms with van der Waals surface area (Å²) in [5, 5.41) is 23.6. The number of ether oxygens (including phenoxy) is 1. The van der Waals surface area contributed by atoms with Crippen molar-refractivity contribution in [1.29, 1.82) is 0 Å². The summed E-state index contributed by atoms with van der Waals surface area (Å²) in [4.78, 5) is 55.9. The van der Waals surface area contributed by atoms with Crippen molar-refractivity contribution < 1.29 is 38.3 Å². The number of esters is 1. The first kappa shape index (κ1) is 33.1.